The Bertz CT molecular complexity index is 592. The van der Waals surface area contributed by atoms with Gasteiger partial charge in [0.25, 0.3) is 0 Å². The van der Waals surface area contributed by atoms with Gasteiger partial charge in [-0.1, -0.05) is 52.4 Å². The Morgan fingerprint density at radius 1 is 1.25 bits per heavy atom. The molecule has 0 radical (unpaired) electrons. The minimum Gasteiger partial charge on any atom is -0.491 e. The highest BCUT2D eigenvalue weighted by Gasteiger charge is 2.39. The van der Waals surface area contributed by atoms with E-state index in [4.69, 9.17) is 4.74 Å². The summed E-state index contributed by atoms with van der Waals surface area (Å²) in [6.07, 6.45) is 7.36. The van der Waals surface area contributed by atoms with Gasteiger partial charge >= 0.3 is 0 Å². The average Bonchev–Trinajstić information content (AvgIpc) is 2.37. The topological polar surface area (TPSA) is 9.23 Å². The molecule has 104 valence electrons. The van der Waals surface area contributed by atoms with Crippen molar-refractivity contribution in [1.29, 1.82) is 0 Å². The first-order valence-electron chi connectivity index (χ1n) is 6.97. The highest BCUT2D eigenvalue weighted by molar-refractivity contribution is 9.10. The Labute approximate surface area is 129 Å². The molecule has 2 unspecified atom stereocenters. The molecule has 2 atom stereocenters. The van der Waals surface area contributed by atoms with E-state index in [2.05, 4.69) is 78.8 Å². The van der Waals surface area contributed by atoms with Crippen LogP contribution in [0.2, 0.25) is 0 Å². The zero-order chi connectivity index (χ0) is 14.3. The van der Waals surface area contributed by atoms with Gasteiger partial charge in [0.2, 0.25) is 0 Å². The van der Waals surface area contributed by atoms with Gasteiger partial charge in [-0.2, -0.15) is 0 Å². The monoisotopic (exact) mass is 330 g/mol. The van der Waals surface area contributed by atoms with Crippen molar-refractivity contribution in [2.24, 2.45) is 5.92 Å². The van der Waals surface area contributed by atoms with Crippen LogP contribution in [0.5, 0.6) is 0 Å². The summed E-state index contributed by atoms with van der Waals surface area (Å²) in [5.41, 5.74) is 2.43. The lowest BCUT2D eigenvalue weighted by atomic mass is 9.73. The first-order chi connectivity index (χ1) is 9.46. The molecule has 0 amide bonds. The van der Waals surface area contributed by atoms with Gasteiger partial charge in [0, 0.05) is 22.7 Å². The van der Waals surface area contributed by atoms with Crippen molar-refractivity contribution in [2.45, 2.75) is 31.8 Å². The maximum absolute atomic E-state index is 6.16. The minimum absolute atomic E-state index is 0.144. The minimum atomic E-state index is -0.144. The SMILES string of the molecule is C=C1CC(C)(C)OC2=CC=CC(c3ccc(Br)cc3)C12. The van der Waals surface area contributed by atoms with E-state index in [0.29, 0.717) is 5.92 Å². The maximum atomic E-state index is 6.16. The lowest BCUT2D eigenvalue weighted by Crippen LogP contribution is -2.36. The van der Waals surface area contributed by atoms with Gasteiger partial charge in [-0.25, -0.2) is 0 Å². The quantitative estimate of drug-likeness (QED) is 0.630. The maximum Gasteiger partial charge on any atom is 0.107 e. The van der Waals surface area contributed by atoms with E-state index in [1.165, 1.54) is 11.1 Å². The van der Waals surface area contributed by atoms with Crippen LogP contribution in [-0.2, 0) is 4.74 Å². The van der Waals surface area contributed by atoms with Gasteiger partial charge in [-0.15, -0.1) is 0 Å². The molecule has 0 bridgehead atoms. The second-order valence-corrected chi connectivity index (χ2v) is 7.12. The van der Waals surface area contributed by atoms with Gasteiger partial charge in [-0.3, -0.25) is 0 Å². The molecule has 1 aromatic carbocycles. The van der Waals surface area contributed by atoms with Crippen LogP contribution >= 0.6 is 15.9 Å². The van der Waals surface area contributed by atoms with Crippen LogP contribution in [0.1, 0.15) is 31.7 Å². The summed E-state index contributed by atoms with van der Waals surface area (Å²) in [4.78, 5) is 0. The number of benzene rings is 1. The molecule has 1 aromatic rings. The van der Waals surface area contributed by atoms with E-state index in [-0.39, 0.29) is 11.5 Å². The molecule has 2 aliphatic rings. The highest BCUT2D eigenvalue weighted by Crippen LogP contribution is 2.47. The first kappa shape index (κ1) is 13.7. The van der Waals surface area contributed by atoms with Crippen LogP contribution < -0.4 is 0 Å². The Morgan fingerprint density at radius 3 is 2.65 bits per heavy atom. The average molecular weight is 331 g/mol. The second-order valence-electron chi connectivity index (χ2n) is 6.21. The Kier molecular flexibility index (Phi) is 3.37. The molecule has 0 aromatic heterocycles. The summed E-state index contributed by atoms with van der Waals surface area (Å²) in [6.45, 7) is 8.58. The molecular weight excluding hydrogens is 312 g/mol. The van der Waals surface area contributed by atoms with Gasteiger partial charge in [0.1, 0.15) is 11.4 Å². The highest BCUT2D eigenvalue weighted by atomic mass is 79.9. The van der Waals surface area contributed by atoms with Gasteiger partial charge in [0.05, 0.1) is 0 Å². The van der Waals surface area contributed by atoms with Crippen LogP contribution in [0.4, 0.5) is 0 Å². The fourth-order valence-corrected chi connectivity index (χ4v) is 3.48. The Balaban J connectivity index is 1.96. The standard InChI is InChI=1S/C18H19BrO/c1-12-11-18(2,3)20-16-6-4-5-15(17(12)16)13-7-9-14(19)10-8-13/h4-10,15,17H,1,11H2,2-3H3. The molecule has 1 nitrogen and oxygen atoms in total. The summed E-state index contributed by atoms with van der Waals surface area (Å²) in [6, 6.07) is 8.54. The third-order valence-corrected chi connectivity index (χ3v) is 4.51. The van der Waals surface area contributed by atoms with Crippen LogP contribution in [0.25, 0.3) is 0 Å². The lowest BCUT2D eigenvalue weighted by Gasteiger charge is -2.42. The number of halogens is 1. The van der Waals surface area contributed by atoms with Gasteiger partial charge < -0.3 is 4.74 Å². The van der Waals surface area contributed by atoms with E-state index in [9.17, 15) is 0 Å². The predicted molar refractivity (Wildman–Crippen MR) is 86.5 cm³/mol. The molecule has 0 saturated carbocycles. The lowest BCUT2D eigenvalue weighted by molar-refractivity contribution is -0.00292. The van der Waals surface area contributed by atoms with Crippen molar-refractivity contribution in [3.8, 4) is 0 Å². The van der Waals surface area contributed by atoms with E-state index in [0.717, 1.165) is 16.7 Å². The van der Waals surface area contributed by atoms with E-state index < -0.39 is 0 Å². The fourth-order valence-electron chi connectivity index (χ4n) is 3.21. The first-order valence-corrected chi connectivity index (χ1v) is 7.76. The fraction of sp³-hybridized carbons (Fsp3) is 0.333. The Hall–Kier alpha value is -1.28. The third-order valence-electron chi connectivity index (χ3n) is 3.99. The number of rotatable bonds is 1. The number of hydrogen-bond donors (Lipinski definition) is 0. The summed E-state index contributed by atoms with van der Waals surface area (Å²) in [5.74, 6) is 1.66. The van der Waals surface area contributed by atoms with Crippen molar-refractivity contribution in [3.05, 3.63) is 70.4 Å². The summed E-state index contributed by atoms with van der Waals surface area (Å²) in [7, 11) is 0. The predicted octanol–water partition coefficient (Wildman–Crippen LogP) is 5.36. The molecule has 1 saturated heterocycles. The number of allylic oxidation sites excluding steroid dienone is 4. The number of hydrogen-bond acceptors (Lipinski definition) is 1. The molecule has 20 heavy (non-hydrogen) atoms. The molecular formula is C18H19BrO. The van der Waals surface area contributed by atoms with Gasteiger partial charge in [0.15, 0.2) is 0 Å². The third kappa shape index (κ3) is 2.49. The largest absolute Gasteiger partial charge is 0.491 e. The van der Waals surface area contributed by atoms with Crippen LogP contribution in [-0.4, -0.2) is 5.60 Å². The van der Waals surface area contributed by atoms with Crippen molar-refractivity contribution in [1.82, 2.24) is 0 Å². The molecule has 2 heteroatoms. The van der Waals surface area contributed by atoms with Crippen LogP contribution in [0, 0.1) is 5.92 Å². The number of fused-ring (bicyclic) bond motifs is 1. The van der Waals surface area contributed by atoms with Crippen LogP contribution in [0.15, 0.2) is 64.9 Å². The van der Waals surface area contributed by atoms with Crippen molar-refractivity contribution in [3.63, 3.8) is 0 Å². The van der Waals surface area contributed by atoms with Crippen LogP contribution in [0.3, 0.4) is 0 Å². The molecule has 1 fully saturated rings. The molecule has 3 rings (SSSR count). The Morgan fingerprint density at radius 2 is 1.95 bits per heavy atom. The molecule has 1 aliphatic heterocycles. The van der Waals surface area contributed by atoms with E-state index in [1.54, 1.807) is 0 Å². The van der Waals surface area contributed by atoms with Crippen molar-refractivity contribution >= 4 is 15.9 Å². The summed E-state index contributed by atoms with van der Waals surface area (Å²) >= 11 is 3.49. The second kappa shape index (κ2) is 4.92. The molecule has 1 heterocycles. The molecule has 1 aliphatic carbocycles. The zero-order valence-corrected chi connectivity index (χ0v) is 13.5. The molecule has 0 N–H and O–H groups in total. The van der Waals surface area contributed by atoms with Gasteiger partial charge in [-0.05, 0) is 37.6 Å². The summed E-state index contributed by atoms with van der Waals surface area (Å²) in [5, 5.41) is 0. The van der Waals surface area contributed by atoms with E-state index in [1.807, 2.05) is 0 Å². The zero-order valence-electron chi connectivity index (χ0n) is 11.9. The summed E-state index contributed by atoms with van der Waals surface area (Å²) < 4.78 is 7.27. The number of ether oxygens (including phenoxy) is 1. The van der Waals surface area contributed by atoms with Crippen molar-refractivity contribution in [2.75, 3.05) is 0 Å². The normalized spacial score (nSPS) is 27.6. The smallest absolute Gasteiger partial charge is 0.107 e. The van der Waals surface area contributed by atoms with Crippen molar-refractivity contribution < 1.29 is 4.74 Å². The van der Waals surface area contributed by atoms with E-state index >= 15 is 0 Å². The molecule has 0 spiro atoms.